The maximum absolute atomic E-state index is 12.5. The number of fused-ring (bicyclic) bond motifs is 1. The number of benzene rings is 1. The van der Waals surface area contributed by atoms with Crippen LogP contribution in [-0.4, -0.2) is 45.3 Å². The molecule has 1 atom stereocenters. The van der Waals surface area contributed by atoms with E-state index in [4.69, 9.17) is 9.15 Å². The number of hydrogen-bond acceptors (Lipinski definition) is 6. The number of aryl methyl sites for hydroxylation is 1. The summed E-state index contributed by atoms with van der Waals surface area (Å²) in [7, 11) is 0. The molecule has 164 valence electrons. The predicted molar refractivity (Wildman–Crippen MR) is 116 cm³/mol. The van der Waals surface area contributed by atoms with Gasteiger partial charge in [-0.3, -0.25) is 9.69 Å². The highest BCUT2D eigenvalue weighted by Gasteiger charge is 2.24. The Hall–Kier alpha value is -3.13. The van der Waals surface area contributed by atoms with Gasteiger partial charge >= 0.3 is 0 Å². The van der Waals surface area contributed by atoms with Crippen LogP contribution in [0.2, 0.25) is 0 Å². The van der Waals surface area contributed by atoms with Crippen LogP contribution in [0.1, 0.15) is 53.2 Å². The molecule has 2 aromatic heterocycles. The van der Waals surface area contributed by atoms with E-state index >= 15 is 0 Å². The number of aromatic nitrogens is 3. The Morgan fingerprint density at radius 1 is 1.19 bits per heavy atom. The van der Waals surface area contributed by atoms with Crippen LogP contribution in [0.25, 0.3) is 0 Å². The minimum atomic E-state index is -0.249. The zero-order valence-corrected chi connectivity index (χ0v) is 18.3. The Balaban J connectivity index is 1.39. The number of carbonyl (C=O) groups excluding carboxylic acids is 1. The molecule has 0 aliphatic carbocycles. The van der Waals surface area contributed by atoms with Crippen molar-refractivity contribution in [2.24, 2.45) is 0 Å². The Labute approximate surface area is 182 Å². The first-order valence-electron chi connectivity index (χ1n) is 10.8. The molecule has 1 aromatic carbocycles. The fraction of sp³-hybridized carbons (Fsp3) is 0.435. The molecule has 8 heteroatoms. The molecule has 0 radical (unpaired) electrons. The summed E-state index contributed by atoms with van der Waals surface area (Å²) in [5, 5.41) is 11.8. The third-order valence-electron chi connectivity index (χ3n) is 5.63. The van der Waals surface area contributed by atoms with Crippen LogP contribution in [0.15, 0.2) is 41.0 Å². The smallest absolute Gasteiger partial charge is 0.255 e. The van der Waals surface area contributed by atoms with Crippen molar-refractivity contribution in [1.82, 2.24) is 25.0 Å². The molecule has 0 saturated heterocycles. The van der Waals surface area contributed by atoms with Crippen LogP contribution in [0, 0.1) is 6.92 Å². The second-order valence-electron chi connectivity index (χ2n) is 7.81. The minimum Gasteiger partial charge on any atom is -0.494 e. The van der Waals surface area contributed by atoms with Gasteiger partial charge < -0.3 is 19.0 Å². The minimum absolute atomic E-state index is 0.165. The lowest BCUT2D eigenvalue weighted by atomic mass is 10.2. The fourth-order valence-electron chi connectivity index (χ4n) is 3.94. The van der Waals surface area contributed by atoms with Crippen molar-refractivity contribution in [2.75, 3.05) is 19.7 Å². The molecule has 8 nitrogen and oxygen atoms in total. The summed E-state index contributed by atoms with van der Waals surface area (Å²) in [6, 6.07) is 9.72. The van der Waals surface area contributed by atoms with Gasteiger partial charge in [0.1, 0.15) is 17.3 Å². The van der Waals surface area contributed by atoms with Crippen molar-refractivity contribution in [3.05, 3.63) is 65.1 Å². The van der Waals surface area contributed by atoms with Gasteiger partial charge in [-0.05, 0) is 44.5 Å². The van der Waals surface area contributed by atoms with E-state index in [1.54, 1.807) is 13.0 Å². The van der Waals surface area contributed by atoms with Gasteiger partial charge in [0.15, 0.2) is 5.82 Å². The molecule has 1 N–H and O–H groups in total. The van der Waals surface area contributed by atoms with Crippen LogP contribution in [-0.2, 0) is 19.5 Å². The largest absolute Gasteiger partial charge is 0.494 e. The summed E-state index contributed by atoms with van der Waals surface area (Å²) in [5.41, 5.74) is 1.81. The zero-order valence-electron chi connectivity index (χ0n) is 18.3. The van der Waals surface area contributed by atoms with Gasteiger partial charge in [-0.2, -0.15) is 0 Å². The molecule has 3 heterocycles. The van der Waals surface area contributed by atoms with E-state index in [1.165, 1.54) is 11.8 Å². The lowest BCUT2D eigenvalue weighted by Gasteiger charge is -2.20. The van der Waals surface area contributed by atoms with Gasteiger partial charge in [0.05, 0.1) is 24.5 Å². The van der Waals surface area contributed by atoms with Crippen molar-refractivity contribution in [3.8, 4) is 5.75 Å². The number of nitrogens with one attached hydrogen (secondary N) is 1. The van der Waals surface area contributed by atoms with E-state index in [-0.39, 0.29) is 11.9 Å². The summed E-state index contributed by atoms with van der Waals surface area (Å²) in [5.74, 6) is 3.09. The summed E-state index contributed by atoms with van der Waals surface area (Å²) in [4.78, 5) is 15.0. The number of ether oxygens (including phenoxy) is 1. The van der Waals surface area contributed by atoms with Crippen LogP contribution >= 0.6 is 0 Å². The molecular weight excluding hydrogens is 394 g/mol. The molecule has 0 spiro atoms. The second kappa shape index (κ2) is 9.34. The normalized spacial score (nSPS) is 15.2. The van der Waals surface area contributed by atoms with E-state index in [0.29, 0.717) is 17.9 Å². The van der Waals surface area contributed by atoms with Crippen molar-refractivity contribution in [2.45, 2.75) is 46.3 Å². The lowest BCUT2D eigenvalue weighted by Crippen LogP contribution is -2.30. The first-order valence-corrected chi connectivity index (χ1v) is 10.8. The molecule has 0 bridgehead atoms. The zero-order chi connectivity index (χ0) is 21.8. The molecule has 0 saturated carbocycles. The van der Waals surface area contributed by atoms with Crippen molar-refractivity contribution >= 4 is 5.91 Å². The van der Waals surface area contributed by atoms with Crippen LogP contribution in [0.3, 0.4) is 0 Å². The molecule has 3 aromatic rings. The van der Waals surface area contributed by atoms with Crippen LogP contribution < -0.4 is 10.1 Å². The van der Waals surface area contributed by atoms with Gasteiger partial charge in [-0.25, -0.2) is 0 Å². The maximum atomic E-state index is 12.5. The summed E-state index contributed by atoms with van der Waals surface area (Å²) in [6.07, 6.45) is 2.35. The Kier molecular flexibility index (Phi) is 6.36. The molecule has 0 fully saturated rings. The number of amides is 1. The summed E-state index contributed by atoms with van der Waals surface area (Å²) in [6.45, 7) is 9.86. The molecule has 1 aliphatic heterocycles. The topological polar surface area (TPSA) is 85.4 Å². The second-order valence-corrected chi connectivity index (χ2v) is 7.81. The average Bonchev–Trinajstić information content (AvgIpc) is 3.32. The SMILES string of the molecule is CCOc1ccc(CN2CCc3nnc(C(C)NC(=O)c4ccoc4C)n3CC2)cc1. The van der Waals surface area contributed by atoms with Crippen molar-refractivity contribution in [3.63, 3.8) is 0 Å². The predicted octanol–water partition coefficient (Wildman–Crippen LogP) is 3.13. The van der Waals surface area contributed by atoms with E-state index in [0.717, 1.165) is 50.0 Å². The van der Waals surface area contributed by atoms with Gasteiger partial charge in [0.25, 0.3) is 5.91 Å². The van der Waals surface area contributed by atoms with Gasteiger partial charge in [-0.1, -0.05) is 12.1 Å². The average molecular weight is 424 g/mol. The van der Waals surface area contributed by atoms with E-state index in [1.807, 2.05) is 26.0 Å². The number of rotatable bonds is 7. The quantitative estimate of drug-likeness (QED) is 0.628. The maximum Gasteiger partial charge on any atom is 0.255 e. The fourth-order valence-corrected chi connectivity index (χ4v) is 3.94. The third-order valence-corrected chi connectivity index (χ3v) is 5.63. The van der Waals surface area contributed by atoms with Crippen molar-refractivity contribution < 1.29 is 13.9 Å². The van der Waals surface area contributed by atoms with E-state index in [9.17, 15) is 4.79 Å². The number of furan rings is 1. The number of nitrogens with zero attached hydrogens (tertiary/aromatic N) is 4. The van der Waals surface area contributed by atoms with Gasteiger partial charge in [0, 0.05) is 32.6 Å². The van der Waals surface area contributed by atoms with Crippen LogP contribution in [0.5, 0.6) is 5.75 Å². The van der Waals surface area contributed by atoms with Crippen molar-refractivity contribution in [1.29, 1.82) is 0 Å². The van der Waals surface area contributed by atoms with E-state index < -0.39 is 0 Å². The Bertz CT molecular complexity index is 1020. The first kappa shape index (κ1) is 21.1. The number of hydrogen-bond donors (Lipinski definition) is 1. The standard InChI is InChI=1S/C23H29N5O3/c1-4-30-19-7-5-18(6-8-19)15-27-11-9-21-25-26-22(28(21)13-12-27)16(2)24-23(29)20-10-14-31-17(20)3/h5-8,10,14,16H,4,9,11-13,15H2,1-3H3,(H,24,29). The van der Waals surface area contributed by atoms with E-state index in [2.05, 4.69) is 37.1 Å². The van der Waals surface area contributed by atoms with Gasteiger partial charge in [-0.15, -0.1) is 10.2 Å². The molecule has 1 unspecified atom stereocenters. The highest BCUT2D eigenvalue weighted by Crippen LogP contribution is 2.19. The summed E-state index contributed by atoms with van der Waals surface area (Å²) >= 11 is 0. The molecule has 4 rings (SSSR count). The number of carbonyl (C=O) groups is 1. The Morgan fingerprint density at radius 2 is 2.00 bits per heavy atom. The highest BCUT2D eigenvalue weighted by atomic mass is 16.5. The molecular formula is C23H29N5O3. The van der Waals surface area contributed by atoms with Gasteiger partial charge in [0.2, 0.25) is 0 Å². The molecule has 1 amide bonds. The molecule has 31 heavy (non-hydrogen) atoms. The molecule has 1 aliphatic rings. The lowest BCUT2D eigenvalue weighted by molar-refractivity contribution is 0.0936. The Morgan fingerprint density at radius 3 is 2.71 bits per heavy atom. The summed E-state index contributed by atoms with van der Waals surface area (Å²) < 4.78 is 12.9. The van der Waals surface area contributed by atoms with Crippen LogP contribution in [0.4, 0.5) is 0 Å². The first-order chi connectivity index (χ1) is 15.0. The monoisotopic (exact) mass is 423 g/mol. The highest BCUT2D eigenvalue weighted by molar-refractivity contribution is 5.95. The third kappa shape index (κ3) is 4.80.